The second kappa shape index (κ2) is 7.28. The van der Waals surface area contributed by atoms with E-state index in [0.29, 0.717) is 18.0 Å². The maximum atomic E-state index is 12.2. The summed E-state index contributed by atoms with van der Waals surface area (Å²) in [5, 5.41) is 3.77. The second-order valence-electron chi connectivity index (χ2n) is 6.88. The summed E-state index contributed by atoms with van der Waals surface area (Å²) < 4.78 is 0. The molecule has 0 aromatic carbocycles. The van der Waals surface area contributed by atoms with Crippen molar-refractivity contribution in [3.63, 3.8) is 0 Å². The Morgan fingerprint density at radius 2 is 1.84 bits per heavy atom. The molecular formula is C16H32N2O. The normalized spacial score (nSPS) is 19.5. The molecule has 1 aliphatic rings. The zero-order valence-electron chi connectivity index (χ0n) is 13.5. The summed E-state index contributed by atoms with van der Waals surface area (Å²) >= 11 is 0. The van der Waals surface area contributed by atoms with Gasteiger partial charge in [0.1, 0.15) is 0 Å². The van der Waals surface area contributed by atoms with Gasteiger partial charge in [0.2, 0.25) is 5.91 Å². The first-order chi connectivity index (χ1) is 8.88. The van der Waals surface area contributed by atoms with E-state index in [9.17, 15) is 4.79 Å². The van der Waals surface area contributed by atoms with Crippen LogP contribution in [-0.2, 0) is 4.79 Å². The Kier molecular flexibility index (Phi) is 6.31. The first kappa shape index (κ1) is 16.5. The molecule has 0 radical (unpaired) electrons. The van der Waals surface area contributed by atoms with E-state index >= 15 is 0 Å². The van der Waals surface area contributed by atoms with Crippen molar-refractivity contribution in [2.24, 2.45) is 5.41 Å². The lowest BCUT2D eigenvalue weighted by molar-refractivity contribution is -0.140. The van der Waals surface area contributed by atoms with Gasteiger partial charge in [-0.25, -0.2) is 0 Å². The number of nitrogens with zero attached hydrogens (tertiary/aromatic N) is 1. The van der Waals surface area contributed by atoms with Crippen LogP contribution in [-0.4, -0.2) is 36.0 Å². The molecule has 0 bridgehead atoms. The highest BCUT2D eigenvalue weighted by Gasteiger charge is 2.30. The van der Waals surface area contributed by atoms with Crippen LogP contribution in [0.25, 0.3) is 0 Å². The molecule has 0 aliphatic carbocycles. The predicted molar refractivity (Wildman–Crippen MR) is 81.2 cm³/mol. The smallest absolute Gasteiger partial charge is 0.227 e. The number of nitrogens with one attached hydrogen (secondary N) is 1. The number of amides is 1. The van der Waals surface area contributed by atoms with E-state index in [4.69, 9.17) is 0 Å². The number of rotatable bonds is 5. The van der Waals surface area contributed by atoms with Gasteiger partial charge in [0.15, 0.2) is 0 Å². The van der Waals surface area contributed by atoms with Crippen LogP contribution >= 0.6 is 0 Å². The van der Waals surface area contributed by atoms with Crippen LogP contribution in [0.2, 0.25) is 0 Å². The van der Waals surface area contributed by atoms with E-state index in [2.05, 4.69) is 19.2 Å². The highest BCUT2D eigenvalue weighted by atomic mass is 16.2. The van der Waals surface area contributed by atoms with E-state index in [1.807, 2.05) is 25.7 Å². The SMILES string of the molecule is CCCC(CC)NC1CCN(C(=O)C(C)(C)C)CC1. The fraction of sp³-hybridized carbons (Fsp3) is 0.938. The maximum absolute atomic E-state index is 12.2. The zero-order chi connectivity index (χ0) is 14.5. The van der Waals surface area contributed by atoms with Gasteiger partial charge in [0, 0.05) is 30.6 Å². The number of carbonyl (C=O) groups is 1. The van der Waals surface area contributed by atoms with Crippen molar-refractivity contribution in [1.82, 2.24) is 10.2 Å². The third-order valence-electron chi connectivity index (χ3n) is 4.03. The van der Waals surface area contributed by atoms with Gasteiger partial charge in [-0.1, -0.05) is 41.0 Å². The van der Waals surface area contributed by atoms with Gasteiger partial charge in [0.05, 0.1) is 0 Å². The Labute approximate surface area is 119 Å². The minimum absolute atomic E-state index is 0.242. The Balaban J connectivity index is 2.38. The van der Waals surface area contributed by atoms with Gasteiger partial charge < -0.3 is 10.2 Å². The van der Waals surface area contributed by atoms with E-state index in [1.54, 1.807) is 0 Å². The summed E-state index contributed by atoms with van der Waals surface area (Å²) in [7, 11) is 0. The third kappa shape index (κ3) is 5.13. The molecule has 0 spiro atoms. The van der Waals surface area contributed by atoms with Crippen molar-refractivity contribution in [3.8, 4) is 0 Å². The molecule has 1 heterocycles. The van der Waals surface area contributed by atoms with Gasteiger partial charge in [-0.05, 0) is 25.7 Å². The molecule has 1 aliphatic heterocycles. The quantitative estimate of drug-likeness (QED) is 0.830. The number of likely N-dealkylation sites (tertiary alicyclic amines) is 1. The molecule has 112 valence electrons. The minimum Gasteiger partial charge on any atom is -0.342 e. The highest BCUT2D eigenvalue weighted by molar-refractivity contribution is 5.81. The summed E-state index contributed by atoms with van der Waals surface area (Å²) in [6, 6.07) is 1.25. The minimum atomic E-state index is -0.242. The van der Waals surface area contributed by atoms with Crippen molar-refractivity contribution < 1.29 is 4.79 Å². The fourth-order valence-corrected chi connectivity index (χ4v) is 2.81. The molecule has 3 heteroatoms. The Hall–Kier alpha value is -0.570. The molecule has 1 amide bonds. The van der Waals surface area contributed by atoms with Gasteiger partial charge >= 0.3 is 0 Å². The molecule has 19 heavy (non-hydrogen) atoms. The van der Waals surface area contributed by atoms with E-state index in [-0.39, 0.29) is 5.41 Å². The van der Waals surface area contributed by atoms with Crippen LogP contribution in [0, 0.1) is 5.41 Å². The van der Waals surface area contributed by atoms with E-state index in [1.165, 1.54) is 19.3 Å². The number of piperidine rings is 1. The fourth-order valence-electron chi connectivity index (χ4n) is 2.81. The number of carbonyl (C=O) groups excluding carboxylic acids is 1. The average molecular weight is 268 g/mol. The van der Waals surface area contributed by atoms with Crippen LogP contribution in [0.5, 0.6) is 0 Å². The lowest BCUT2D eigenvalue weighted by atomic mass is 9.92. The summed E-state index contributed by atoms with van der Waals surface area (Å²) in [6.45, 7) is 12.4. The van der Waals surface area contributed by atoms with Gasteiger partial charge in [-0.2, -0.15) is 0 Å². The standard InChI is InChI=1S/C16H32N2O/c1-6-8-13(7-2)17-14-9-11-18(12-10-14)15(19)16(3,4)5/h13-14,17H,6-12H2,1-5H3. The number of hydrogen-bond acceptors (Lipinski definition) is 2. The topological polar surface area (TPSA) is 32.3 Å². The number of hydrogen-bond donors (Lipinski definition) is 1. The highest BCUT2D eigenvalue weighted by Crippen LogP contribution is 2.21. The first-order valence-corrected chi connectivity index (χ1v) is 7.93. The average Bonchev–Trinajstić information content (AvgIpc) is 2.37. The summed E-state index contributed by atoms with van der Waals surface area (Å²) in [5.41, 5.74) is -0.242. The monoisotopic (exact) mass is 268 g/mol. The third-order valence-corrected chi connectivity index (χ3v) is 4.03. The molecule has 1 atom stereocenters. The largest absolute Gasteiger partial charge is 0.342 e. The molecule has 0 saturated carbocycles. The summed E-state index contributed by atoms with van der Waals surface area (Å²) in [4.78, 5) is 14.3. The van der Waals surface area contributed by atoms with Crippen LogP contribution in [0.1, 0.15) is 66.7 Å². The molecule has 1 unspecified atom stereocenters. The maximum Gasteiger partial charge on any atom is 0.227 e. The molecule has 1 saturated heterocycles. The molecule has 1 rings (SSSR count). The predicted octanol–water partition coefficient (Wildman–Crippen LogP) is 3.19. The lowest BCUT2D eigenvalue weighted by Gasteiger charge is -2.37. The molecule has 1 fully saturated rings. The van der Waals surface area contributed by atoms with E-state index < -0.39 is 0 Å². The molecule has 3 nitrogen and oxygen atoms in total. The van der Waals surface area contributed by atoms with Crippen molar-refractivity contribution in [3.05, 3.63) is 0 Å². The van der Waals surface area contributed by atoms with Crippen LogP contribution in [0.15, 0.2) is 0 Å². The van der Waals surface area contributed by atoms with Crippen LogP contribution < -0.4 is 5.32 Å². The zero-order valence-corrected chi connectivity index (χ0v) is 13.5. The lowest BCUT2D eigenvalue weighted by Crippen LogP contribution is -2.50. The van der Waals surface area contributed by atoms with Gasteiger partial charge in [-0.3, -0.25) is 4.79 Å². The summed E-state index contributed by atoms with van der Waals surface area (Å²) in [6.07, 6.45) is 5.91. The second-order valence-corrected chi connectivity index (χ2v) is 6.88. The van der Waals surface area contributed by atoms with E-state index in [0.717, 1.165) is 25.9 Å². The molecule has 0 aromatic rings. The summed E-state index contributed by atoms with van der Waals surface area (Å²) in [5.74, 6) is 0.298. The van der Waals surface area contributed by atoms with Crippen molar-refractivity contribution >= 4 is 5.91 Å². The van der Waals surface area contributed by atoms with Crippen molar-refractivity contribution in [1.29, 1.82) is 0 Å². The Morgan fingerprint density at radius 3 is 2.26 bits per heavy atom. The van der Waals surface area contributed by atoms with Crippen LogP contribution in [0.4, 0.5) is 0 Å². The first-order valence-electron chi connectivity index (χ1n) is 7.93. The molecule has 0 aromatic heterocycles. The van der Waals surface area contributed by atoms with Crippen molar-refractivity contribution in [2.45, 2.75) is 78.8 Å². The van der Waals surface area contributed by atoms with Crippen molar-refractivity contribution in [2.75, 3.05) is 13.1 Å². The van der Waals surface area contributed by atoms with Crippen LogP contribution in [0.3, 0.4) is 0 Å². The molecule has 1 N–H and O–H groups in total. The molecular weight excluding hydrogens is 236 g/mol. The Bertz CT molecular complexity index is 275. The van der Waals surface area contributed by atoms with Gasteiger partial charge in [-0.15, -0.1) is 0 Å². The van der Waals surface area contributed by atoms with Gasteiger partial charge in [0.25, 0.3) is 0 Å². The Morgan fingerprint density at radius 1 is 1.26 bits per heavy atom.